The van der Waals surface area contributed by atoms with Crippen LogP contribution in [0.2, 0.25) is 0 Å². The molecule has 3 heteroatoms. The molecule has 1 aliphatic rings. The van der Waals surface area contributed by atoms with Crippen molar-refractivity contribution in [2.75, 3.05) is 18.0 Å². The standard InChI is InChI=1S/C10H13FN2/c11-9-3-1-4-10(8(9)7-12)13-5-2-6-13/h1,3-4H,2,5-7,12H2. The molecule has 0 radical (unpaired) electrons. The first-order chi connectivity index (χ1) is 6.33. The lowest BCUT2D eigenvalue weighted by Crippen LogP contribution is -2.38. The van der Waals surface area contributed by atoms with Gasteiger partial charge in [0.2, 0.25) is 0 Å². The molecule has 13 heavy (non-hydrogen) atoms. The van der Waals surface area contributed by atoms with Crippen molar-refractivity contribution in [2.24, 2.45) is 5.73 Å². The fourth-order valence-electron chi connectivity index (χ4n) is 1.60. The summed E-state index contributed by atoms with van der Waals surface area (Å²) in [6.45, 7) is 2.32. The van der Waals surface area contributed by atoms with Gasteiger partial charge in [0.15, 0.2) is 0 Å². The molecule has 0 aliphatic carbocycles. The quantitative estimate of drug-likeness (QED) is 0.747. The second kappa shape index (κ2) is 3.34. The smallest absolute Gasteiger partial charge is 0.129 e. The Morgan fingerprint density at radius 3 is 2.69 bits per heavy atom. The van der Waals surface area contributed by atoms with Gasteiger partial charge in [-0.2, -0.15) is 0 Å². The molecule has 2 N–H and O–H groups in total. The average molecular weight is 180 g/mol. The molecular weight excluding hydrogens is 167 g/mol. The van der Waals surface area contributed by atoms with E-state index in [1.807, 2.05) is 6.07 Å². The summed E-state index contributed by atoms with van der Waals surface area (Å²) in [6, 6.07) is 5.14. The first-order valence-electron chi connectivity index (χ1n) is 4.55. The third-order valence-corrected chi connectivity index (χ3v) is 2.50. The highest BCUT2D eigenvalue weighted by Gasteiger charge is 2.18. The molecule has 1 aromatic carbocycles. The van der Waals surface area contributed by atoms with Gasteiger partial charge in [-0.15, -0.1) is 0 Å². The summed E-state index contributed by atoms with van der Waals surface area (Å²) in [5.41, 5.74) is 7.11. The molecule has 0 unspecified atom stereocenters. The Balaban J connectivity index is 2.37. The monoisotopic (exact) mass is 180 g/mol. The van der Waals surface area contributed by atoms with Crippen molar-refractivity contribution in [1.29, 1.82) is 0 Å². The van der Waals surface area contributed by atoms with E-state index in [1.165, 1.54) is 12.5 Å². The van der Waals surface area contributed by atoms with Gasteiger partial charge in [-0.3, -0.25) is 0 Å². The average Bonchev–Trinajstić information content (AvgIpc) is 2.01. The minimum absolute atomic E-state index is 0.188. The molecule has 1 aromatic rings. The third kappa shape index (κ3) is 1.40. The molecule has 0 bridgehead atoms. The SMILES string of the molecule is NCc1c(F)cccc1N1CCC1. The Labute approximate surface area is 77.2 Å². The number of halogens is 1. The molecule has 2 rings (SSSR count). The zero-order valence-corrected chi connectivity index (χ0v) is 7.46. The van der Waals surface area contributed by atoms with Gasteiger partial charge in [-0.1, -0.05) is 6.07 Å². The summed E-state index contributed by atoms with van der Waals surface area (Å²) in [4.78, 5) is 2.16. The Hall–Kier alpha value is -1.09. The number of benzene rings is 1. The maximum atomic E-state index is 13.3. The predicted molar refractivity (Wildman–Crippen MR) is 51.1 cm³/mol. The van der Waals surface area contributed by atoms with Gasteiger partial charge in [0.25, 0.3) is 0 Å². The molecular formula is C10H13FN2. The number of rotatable bonds is 2. The van der Waals surface area contributed by atoms with E-state index in [1.54, 1.807) is 6.07 Å². The number of hydrogen-bond acceptors (Lipinski definition) is 2. The Bertz CT molecular complexity index is 308. The minimum atomic E-state index is -0.188. The normalized spacial score (nSPS) is 15.7. The zero-order valence-electron chi connectivity index (χ0n) is 7.46. The van der Waals surface area contributed by atoms with Gasteiger partial charge in [0.1, 0.15) is 5.82 Å². The Morgan fingerprint density at radius 1 is 1.38 bits per heavy atom. The highest BCUT2D eigenvalue weighted by atomic mass is 19.1. The van der Waals surface area contributed by atoms with Crippen molar-refractivity contribution < 1.29 is 4.39 Å². The molecule has 0 saturated carbocycles. The lowest BCUT2D eigenvalue weighted by molar-refractivity contribution is 0.589. The van der Waals surface area contributed by atoms with E-state index in [9.17, 15) is 4.39 Å². The van der Waals surface area contributed by atoms with Gasteiger partial charge in [-0.25, -0.2) is 4.39 Å². The number of nitrogens with two attached hydrogens (primary N) is 1. The molecule has 1 fully saturated rings. The number of nitrogens with zero attached hydrogens (tertiary/aromatic N) is 1. The summed E-state index contributed by atoms with van der Waals surface area (Å²) in [5, 5.41) is 0. The van der Waals surface area contributed by atoms with E-state index in [0.717, 1.165) is 18.8 Å². The summed E-state index contributed by atoms with van der Waals surface area (Å²) in [7, 11) is 0. The van der Waals surface area contributed by atoms with E-state index in [2.05, 4.69) is 4.90 Å². The molecule has 0 spiro atoms. The van der Waals surface area contributed by atoms with Crippen LogP contribution in [-0.2, 0) is 6.54 Å². The molecule has 1 saturated heterocycles. The molecule has 1 aliphatic heterocycles. The lowest BCUT2D eigenvalue weighted by atomic mass is 10.1. The van der Waals surface area contributed by atoms with Crippen LogP contribution in [-0.4, -0.2) is 13.1 Å². The largest absolute Gasteiger partial charge is 0.371 e. The van der Waals surface area contributed by atoms with Gasteiger partial charge in [0.05, 0.1) is 0 Å². The van der Waals surface area contributed by atoms with Crippen LogP contribution in [0.5, 0.6) is 0 Å². The van der Waals surface area contributed by atoms with Gasteiger partial charge in [-0.05, 0) is 18.6 Å². The predicted octanol–water partition coefficient (Wildman–Crippen LogP) is 1.49. The summed E-state index contributed by atoms with van der Waals surface area (Å²) in [5.74, 6) is -0.188. The third-order valence-electron chi connectivity index (χ3n) is 2.50. The van der Waals surface area contributed by atoms with Crippen molar-refractivity contribution in [2.45, 2.75) is 13.0 Å². The van der Waals surface area contributed by atoms with Crippen LogP contribution in [0, 0.1) is 5.82 Å². The second-order valence-corrected chi connectivity index (χ2v) is 3.28. The zero-order chi connectivity index (χ0) is 9.26. The molecule has 70 valence electrons. The maximum absolute atomic E-state index is 13.3. The minimum Gasteiger partial charge on any atom is -0.371 e. The maximum Gasteiger partial charge on any atom is 0.129 e. The van der Waals surface area contributed by atoms with Crippen molar-refractivity contribution in [3.63, 3.8) is 0 Å². The van der Waals surface area contributed by atoms with Crippen molar-refractivity contribution >= 4 is 5.69 Å². The summed E-state index contributed by atoms with van der Waals surface area (Å²) in [6.07, 6.45) is 1.19. The first-order valence-corrected chi connectivity index (χ1v) is 4.55. The number of anilines is 1. The summed E-state index contributed by atoms with van der Waals surface area (Å²) < 4.78 is 13.3. The van der Waals surface area contributed by atoms with E-state index < -0.39 is 0 Å². The summed E-state index contributed by atoms with van der Waals surface area (Å²) >= 11 is 0. The van der Waals surface area contributed by atoms with Crippen LogP contribution in [0.1, 0.15) is 12.0 Å². The topological polar surface area (TPSA) is 29.3 Å². The molecule has 2 nitrogen and oxygen atoms in total. The van der Waals surface area contributed by atoms with Crippen molar-refractivity contribution in [1.82, 2.24) is 0 Å². The van der Waals surface area contributed by atoms with Crippen LogP contribution in [0.4, 0.5) is 10.1 Å². The van der Waals surface area contributed by atoms with Crippen molar-refractivity contribution in [3.8, 4) is 0 Å². The lowest BCUT2D eigenvalue weighted by Gasteiger charge is -2.34. The molecule has 0 aromatic heterocycles. The Morgan fingerprint density at radius 2 is 2.15 bits per heavy atom. The second-order valence-electron chi connectivity index (χ2n) is 3.28. The molecule has 1 heterocycles. The van der Waals surface area contributed by atoms with Crippen LogP contribution >= 0.6 is 0 Å². The van der Waals surface area contributed by atoms with Crippen LogP contribution < -0.4 is 10.6 Å². The van der Waals surface area contributed by atoms with E-state index in [-0.39, 0.29) is 12.4 Å². The highest BCUT2D eigenvalue weighted by molar-refractivity contribution is 5.55. The molecule has 0 amide bonds. The van der Waals surface area contributed by atoms with Crippen LogP contribution in [0.25, 0.3) is 0 Å². The molecule has 0 atom stereocenters. The highest BCUT2D eigenvalue weighted by Crippen LogP contribution is 2.26. The van der Waals surface area contributed by atoms with E-state index >= 15 is 0 Å². The first kappa shape index (κ1) is 8.51. The van der Waals surface area contributed by atoms with Gasteiger partial charge >= 0.3 is 0 Å². The van der Waals surface area contributed by atoms with E-state index in [4.69, 9.17) is 5.73 Å². The number of hydrogen-bond donors (Lipinski definition) is 1. The van der Waals surface area contributed by atoms with Crippen LogP contribution in [0.3, 0.4) is 0 Å². The van der Waals surface area contributed by atoms with Gasteiger partial charge < -0.3 is 10.6 Å². The Kier molecular flexibility index (Phi) is 2.19. The van der Waals surface area contributed by atoms with Crippen LogP contribution in [0.15, 0.2) is 18.2 Å². The van der Waals surface area contributed by atoms with E-state index in [0.29, 0.717) is 5.56 Å². The van der Waals surface area contributed by atoms with Crippen molar-refractivity contribution in [3.05, 3.63) is 29.6 Å². The fourth-order valence-corrected chi connectivity index (χ4v) is 1.60. The van der Waals surface area contributed by atoms with Gasteiger partial charge in [0, 0.05) is 30.9 Å². The fraction of sp³-hybridized carbons (Fsp3) is 0.400.